The van der Waals surface area contributed by atoms with E-state index in [4.69, 9.17) is 14.2 Å². The Labute approximate surface area is 140 Å². The van der Waals surface area contributed by atoms with Crippen LogP contribution in [0.2, 0.25) is 0 Å². The van der Waals surface area contributed by atoms with Crippen LogP contribution >= 0.6 is 0 Å². The van der Waals surface area contributed by atoms with E-state index in [-0.39, 0.29) is 0 Å². The maximum atomic E-state index is 5.91. The lowest BCUT2D eigenvalue weighted by atomic mass is 9.88. The van der Waals surface area contributed by atoms with E-state index < -0.39 is 0 Å². The fourth-order valence-electron chi connectivity index (χ4n) is 3.12. The molecule has 1 aromatic rings. The maximum absolute atomic E-state index is 5.91. The van der Waals surface area contributed by atoms with Gasteiger partial charge in [0.1, 0.15) is 0 Å². The molecule has 1 saturated heterocycles. The van der Waals surface area contributed by atoms with Gasteiger partial charge in [0.05, 0.1) is 20.8 Å². The summed E-state index contributed by atoms with van der Waals surface area (Å²) in [5, 5.41) is 0. The van der Waals surface area contributed by atoms with Crippen LogP contribution in [0.15, 0.2) is 18.2 Å². The third-order valence-electron chi connectivity index (χ3n) is 4.92. The molecule has 0 radical (unpaired) electrons. The Kier molecular flexibility index (Phi) is 7.03. The van der Waals surface area contributed by atoms with Gasteiger partial charge in [-0.1, -0.05) is 19.9 Å². The van der Waals surface area contributed by atoms with Gasteiger partial charge >= 0.3 is 0 Å². The molecular weight excluding hydrogens is 290 g/mol. The number of para-hydroxylation sites is 1. The van der Waals surface area contributed by atoms with Crippen molar-refractivity contribution in [3.63, 3.8) is 0 Å². The van der Waals surface area contributed by atoms with Crippen molar-refractivity contribution >= 4 is 0 Å². The number of hydrogen-bond donors (Lipinski definition) is 0. The van der Waals surface area contributed by atoms with Crippen LogP contribution in [0.1, 0.15) is 33.1 Å². The average molecular weight is 321 g/mol. The first-order valence-electron chi connectivity index (χ1n) is 8.71. The number of unbranched alkanes of at least 4 members (excludes halogenated alkanes) is 1. The number of likely N-dealkylation sites (tertiary alicyclic amines) is 1. The molecule has 1 fully saturated rings. The van der Waals surface area contributed by atoms with Gasteiger partial charge < -0.3 is 19.1 Å². The van der Waals surface area contributed by atoms with Crippen molar-refractivity contribution in [1.29, 1.82) is 0 Å². The van der Waals surface area contributed by atoms with Crippen LogP contribution in [0.4, 0.5) is 0 Å². The van der Waals surface area contributed by atoms with Crippen LogP contribution in [0.5, 0.6) is 17.2 Å². The summed E-state index contributed by atoms with van der Waals surface area (Å²) in [4.78, 5) is 2.59. The van der Waals surface area contributed by atoms with Crippen LogP contribution in [-0.2, 0) is 0 Å². The first kappa shape index (κ1) is 17.9. The van der Waals surface area contributed by atoms with E-state index in [1.54, 1.807) is 14.2 Å². The fraction of sp³-hybridized carbons (Fsp3) is 0.684. The molecule has 0 amide bonds. The van der Waals surface area contributed by atoms with Crippen molar-refractivity contribution in [3.05, 3.63) is 18.2 Å². The molecule has 1 heterocycles. The van der Waals surface area contributed by atoms with Gasteiger partial charge in [-0.25, -0.2) is 0 Å². The summed E-state index contributed by atoms with van der Waals surface area (Å²) in [7, 11) is 3.31. The highest BCUT2D eigenvalue weighted by Gasteiger charge is 2.21. The molecule has 4 nitrogen and oxygen atoms in total. The van der Waals surface area contributed by atoms with Crippen molar-refractivity contribution in [3.8, 4) is 17.2 Å². The third kappa shape index (κ3) is 5.03. The highest BCUT2D eigenvalue weighted by molar-refractivity contribution is 5.51. The van der Waals surface area contributed by atoms with Crippen LogP contribution in [0.3, 0.4) is 0 Å². The molecule has 0 aromatic heterocycles. The topological polar surface area (TPSA) is 30.9 Å². The zero-order valence-electron chi connectivity index (χ0n) is 15.0. The van der Waals surface area contributed by atoms with Gasteiger partial charge in [0, 0.05) is 6.54 Å². The van der Waals surface area contributed by atoms with Gasteiger partial charge in [-0.3, -0.25) is 0 Å². The molecule has 2 rings (SSSR count). The molecule has 2 atom stereocenters. The second-order valence-electron chi connectivity index (χ2n) is 6.59. The zero-order chi connectivity index (χ0) is 16.7. The van der Waals surface area contributed by atoms with Crippen LogP contribution in [-0.4, -0.2) is 45.4 Å². The number of ether oxygens (including phenoxy) is 3. The van der Waals surface area contributed by atoms with E-state index in [1.807, 2.05) is 18.2 Å². The molecule has 23 heavy (non-hydrogen) atoms. The Morgan fingerprint density at radius 3 is 2.35 bits per heavy atom. The standard InChI is InChI=1S/C19H31NO3/c1-15-10-12-20(14-16(15)2)11-5-6-13-23-19-17(21-3)8-7-9-18(19)22-4/h7-9,15-16H,5-6,10-14H2,1-4H3/t15-,16-/m1/s1. The van der Waals surface area contributed by atoms with Gasteiger partial charge in [0.2, 0.25) is 5.75 Å². The van der Waals surface area contributed by atoms with Crippen LogP contribution in [0, 0.1) is 11.8 Å². The fourth-order valence-corrected chi connectivity index (χ4v) is 3.12. The van der Waals surface area contributed by atoms with Crippen LogP contribution in [0.25, 0.3) is 0 Å². The maximum Gasteiger partial charge on any atom is 0.203 e. The molecule has 130 valence electrons. The number of hydrogen-bond acceptors (Lipinski definition) is 4. The summed E-state index contributed by atoms with van der Waals surface area (Å²) in [5.74, 6) is 3.84. The summed E-state index contributed by atoms with van der Waals surface area (Å²) < 4.78 is 16.6. The molecule has 1 aliphatic heterocycles. The number of nitrogens with zero attached hydrogens (tertiary/aromatic N) is 1. The smallest absolute Gasteiger partial charge is 0.203 e. The molecule has 0 spiro atoms. The Hall–Kier alpha value is -1.42. The normalized spacial score (nSPS) is 21.9. The number of rotatable bonds is 8. The van der Waals surface area contributed by atoms with E-state index in [2.05, 4.69) is 18.7 Å². The molecule has 0 saturated carbocycles. The van der Waals surface area contributed by atoms with E-state index in [0.29, 0.717) is 12.4 Å². The Morgan fingerprint density at radius 1 is 1.04 bits per heavy atom. The summed E-state index contributed by atoms with van der Waals surface area (Å²) in [5.41, 5.74) is 0. The summed E-state index contributed by atoms with van der Waals surface area (Å²) in [6.45, 7) is 9.08. The van der Waals surface area contributed by atoms with E-state index in [0.717, 1.165) is 29.8 Å². The lowest BCUT2D eigenvalue weighted by Crippen LogP contribution is -2.38. The first-order valence-corrected chi connectivity index (χ1v) is 8.71. The van der Waals surface area contributed by atoms with E-state index in [1.165, 1.54) is 32.5 Å². The van der Waals surface area contributed by atoms with Gasteiger partial charge in [-0.2, -0.15) is 0 Å². The minimum absolute atomic E-state index is 0.691. The van der Waals surface area contributed by atoms with E-state index in [9.17, 15) is 0 Å². The van der Waals surface area contributed by atoms with Crippen LogP contribution < -0.4 is 14.2 Å². The lowest BCUT2D eigenvalue weighted by Gasteiger charge is -2.35. The zero-order valence-corrected chi connectivity index (χ0v) is 15.0. The second kappa shape index (κ2) is 9.02. The third-order valence-corrected chi connectivity index (χ3v) is 4.92. The van der Waals surface area contributed by atoms with Crippen molar-refractivity contribution in [2.24, 2.45) is 11.8 Å². The van der Waals surface area contributed by atoms with Crippen molar-refractivity contribution in [2.75, 3.05) is 40.5 Å². The largest absolute Gasteiger partial charge is 0.493 e. The molecule has 0 bridgehead atoms. The number of piperidine rings is 1. The molecule has 0 unspecified atom stereocenters. The number of benzene rings is 1. The first-order chi connectivity index (χ1) is 11.2. The summed E-state index contributed by atoms with van der Waals surface area (Å²) in [6.07, 6.45) is 3.54. The average Bonchev–Trinajstić information content (AvgIpc) is 2.57. The van der Waals surface area contributed by atoms with Crippen molar-refractivity contribution < 1.29 is 14.2 Å². The SMILES string of the molecule is COc1cccc(OC)c1OCCCCN1CC[C@@H](C)[C@H](C)C1. The predicted molar refractivity (Wildman–Crippen MR) is 93.7 cm³/mol. The lowest BCUT2D eigenvalue weighted by molar-refractivity contribution is 0.134. The quantitative estimate of drug-likeness (QED) is 0.681. The van der Waals surface area contributed by atoms with E-state index >= 15 is 0 Å². The minimum atomic E-state index is 0.691. The minimum Gasteiger partial charge on any atom is -0.493 e. The molecule has 0 aliphatic carbocycles. The molecule has 4 heteroatoms. The molecule has 1 aromatic carbocycles. The predicted octanol–water partition coefficient (Wildman–Crippen LogP) is 3.84. The Balaban J connectivity index is 1.72. The molecular formula is C19H31NO3. The van der Waals surface area contributed by atoms with Gasteiger partial charge in [-0.15, -0.1) is 0 Å². The Bertz CT molecular complexity index is 455. The second-order valence-corrected chi connectivity index (χ2v) is 6.59. The molecule has 1 aliphatic rings. The van der Waals surface area contributed by atoms with Crippen molar-refractivity contribution in [2.45, 2.75) is 33.1 Å². The summed E-state index contributed by atoms with van der Waals surface area (Å²) in [6, 6.07) is 5.70. The van der Waals surface area contributed by atoms with Gasteiger partial charge in [-0.05, 0) is 56.3 Å². The highest BCUT2D eigenvalue weighted by atomic mass is 16.5. The van der Waals surface area contributed by atoms with Gasteiger partial charge in [0.25, 0.3) is 0 Å². The highest BCUT2D eigenvalue weighted by Crippen LogP contribution is 2.36. The van der Waals surface area contributed by atoms with Crippen molar-refractivity contribution in [1.82, 2.24) is 4.90 Å². The summed E-state index contributed by atoms with van der Waals surface area (Å²) >= 11 is 0. The molecule has 0 N–H and O–H groups in total. The Morgan fingerprint density at radius 2 is 1.74 bits per heavy atom. The monoisotopic (exact) mass is 321 g/mol. The van der Waals surface area contributed by atoms with Gasteiger partial charge in [0.15, 0.2) is 11.5 Å². The number of methoxy groups -OCH3 is 2.